The number of methoxy groups -OCH3 is 1. The molecule has 2 aromatic rings. The molecular formula is C15H15BrFNO. The SMILES string of the molecule is COc1ccc(C(N)Cc2cccc(Br)c2)c(F)c1. The van der Waals surface area contributed by atoms with Crippen molar-refractivity contribution in [3.63, 3.8) is 0 Å². The lowest BCUT2D eigenvalue weighted by molar-refractivity contribution is 0.410. The second kappa shape index (κ2) is 6.17. The van der Waals surface area contributed by atoms with Gasteiger partial charge in [0.15, 0.2) is 0 Å². The predicted molar refractivity (Wildman–Crippen MR) is 77.7 cm³/mol. The van der Waals surface area contributed by atoms with E-state index >= 15 is 0 Å². The van der Waals surface area contributed by atoms with Gasteiger partial charge in [0.05, 0.1) is 7.11 Å². The van der Waals surface area contributed by atoms with Crippen molar-refractivity contribution < 1.29 is 9.13 Å². The third-order valence-corrected chi connectivity index (χ3v) is 3.44. The van der Waals surface area contributed by atoms with E-state index in [1.807, 2.05) is 24.3 Å². The van der Waals surface area contributed by atoms with Crippen LogP contribution in [-0.4, -0.2) is 7.11 Å². The summed E-state index contributed by atoms with van der Waals surface area (Å²) < 4.78 is 19.9. The highest BCUT2D eigenvalue weighted by Gasteiger charge is 2.13. The molecular weight excluding hydrogens is 309 g/mol. The summed E-state index contributed by atoms with van der Waals surface area (Å²) in [6, 6.07) is 12.2. The molecule has 2 aromatic carbocycles. The highest BCUT2D eigenvalue weighted by atomic mass is 79.9. The van der Waals surface area contributed by atoms with Crippen LogP contribution in [0.5, 0.6) is 5.75 Å². The lowest BCUT2D eigenvalue weighted by Crippen LogP contribution is -2.15. The molecule has 2 nitrogen and oxygen atoms in total. The molecule has 0 aliphatic carbocycles. The Hall–Kier alpha value is -1.39. The van der Waals surface area contributed by atoms with Gasteiger partial charge < -0.3 is 10.5 Å². The van der Waals surface area contributed by atoms with Gasteiger partial charge in [-0.15, -0.1) is 0 Å². The van der Waals surface area contributed by atoms with E-state index in [0.29, 0.717) is 17.7 Å². The van der Waals surface area contributed by atoms with Crippen molar-refractivity contribution in [2.24, 2.45) is 5.73 Å². The molecule has 1 unspecified atom stereocenters. The number of benzene rings is 2. The second-order valence-electron chi connectivity index (χ2n) is 4.33. The number of ether oxygens (including phenoxy) is 1. The highest BCUT2D eigenvalue weighted by molar-refractivity contribution is 9.10. The van der Waals surface area contributed by atoms with Crippen molar-refractivity contribution in [3.05, 3.63) is 63.9 Å². The van der Waals surface area contributed by atoms with E-state index in [1.165, 1.54) is 13.2 Å². The third-order valence-electron chi connectivity index (χ3n) is 2.95. The summed E-state index contributed by atoms with van der Waals surface area (Å²) in [5, 5.41) is 0. The molecule has 0 amide bonds. The summed E-state index contributed by atoms with van der Waals surface area (Å²) in [5.41, 5.74) is 7.64. The van der Waals surface area contributed by atoms with Crippen molar-refractivity contribution in [1.29, 1.82) is 0 Å². The van der Waals surface area contributed by atoms with E-state index in [9.17, 15) is 4.39 Å². The fraction of sp³-hybridized carbons (Fsp3) is 0.200. The zero-order valence-corrected chi connectivity index (χ0v) is 12.2. The largest absolute Gasteiger partial charge is 0.497 e. The maximum absolute atomic E-state index is 13.9. The zero-order valence-electron chi connectivity index (χ0n) is 10.6. The fourth-order valence-electron chi connectivity index (χ4n) is 1.96. The molecule has 1 atom stereocenters. The lowest BCUT2D eigenvalue weighted by atomic mass is 9.99. The van der Waals surface area contributed by atoms with Gasteiger partial charge in [-0.1, -0.05) is 34.1 Å². The maximum atomic E-state index is 13.9. The summed E-state index contributed by atoms with van der Waals surface area (Å²) in [5.74, 6) is 0.165. The van der Waals surface area contributed by atoms with Crippen LogP contribution in [-0.2, 0) is 6.42 Å². The van der Waals surface area contributed by atoms with E-state index in [1.54, 1.807) is 12.1 Å². The predicted octanol–water partition coefficient (Wildman–Crippen LogP) is 3.84. The quantitative estimate of drug-likeness (QED) is 0.927. The third kappa shape index (κ3) is 3.55. The Morgan fingerprint density at radius 3 is 2.68 bits per heavy atom. The zero-order chi connectivity index (χ0) is 13.8. The number of halogens is 2. The van der Waals surface area contributed by atoms with Crippen molar-refractivity contribution in [2.45, 2.75) is 12.5 Å². The molecule has 0 spiro atoms. The number of hydrogen-bond acceptors (Lipinski definition) is 2. The maximum Gasteiger partial charge on any atom is 0.131 e. The Kier molecular flexibility index (Phi) is 4.56. The number of rotatable bonds is 4. The molecule has 2 N–H and O–H groups in total. The standard InChI is InChI=1S/C15H15BrFNO/c1-19-12-5-6-13(14(17)9-12)15(18)8-10-3-2-4-11(16)7-10/h2-7,9,15H,8,18H2,1H3. The first kappa shape index (κ1) is 14.0. The second-order valence-corrected chi connectivity index (χ2v) is 5.24. The normalized spacial score (nSPS) is 12.2. The van der Waals surface area contributed by atoms with Crippen LogP contribution in [0.25, 0.3) is 0 Å². The first-order valence-electron chi connectivity index (χ1n) is 5.93. The van der Waals surface area contributed by atoms with Crippen LogP contribution < -0.4 is 10.5 Å². The number of hydrogen-bond donors (Lipinski definition) is 1. The molecule has 0 aliphatic heterocycles. The summed E-state index contributed by atoms with van der Waals surface area (Å²) in [6.45, 7) is 0. The Bertz CT molecular complexity index is 574. The van der Waals surface area contributed by atoms with E-state index in [-0.39, 0.29) is 11.9 Å². The Labute approximate surface area is 120 Å². The Morgan fingerprint density at radius 2 is 2.05 bits per heavy atom. The van der Waals surface area contributed by atoms with Crippen LogP contribution >= 0.6 is 15.9 Å². The number of nitrogens with two attached hydrogens (primary N) is 1. The van der Waals surface area contributed by atoms with Crippen LogP contribution in [0.2, 0.25) is 0 Å². The first-order chi connectivity index (χ1) is 9.10. The van der Waals surface area contributed by atoms with Gasteiger partial charge in [0, 0.05) is 22.1 Å². The fourth-order valence-corrected chi connectivity index (χ4v) is 2.41. The van der Waals surface area contributed by atoms with Crippen molar-refractivity contribution in [3.8, 4) is 5.75 Å². The molecule has 0 saturated heterocycles. The summed E-state index contributed by atoms with van der Waals surface area (Å²) >= 11 is 3.41. The molecule has 2 rings (SSSR count). The molecule has 19 heavy (non-hydrogen) atoms. The van der Waals surface area contributed by atoms with Crippen LogP contribution in [0.3, 0.4) is 0 Å². The van der Waals surface area contributed by atoms with Gasteiger partial charge in [0.25, 0.3) is 0 Å². The van der Waals surface area contributed by atoms with Gasteiger partial charge >= 0.3 is 0 Å². The smallest absolute Gasteiger partial charge is 0.131 e. The van der Waals surface area contributed by atoms with Crippen molar-refractivity contribution in [2.75, 3.05) is 7.11 Å². The minimum atomic E-state index is -0.375. The topological polar surface area (TPSA) is 35.2 Å². The molecule has 4 heteroatoms. The first-order valence-corrected chi connectivity index (χ1v) is 6.73. The monoisotopic (exact) mass is 323 g/mol. The van der Waals surface area contributed by atoms with E-state index in [4.69, 9.17) is 10.5 Å². The molecule has 100 valence electrons. The van der Waals surface area contributed by atoms with Crippen molar-refractivity contribution >= 4 is 15.9 Å². The van der Waals surface area contributed by atoms with Crippen LogP contribution in [0.4, 0.5) is 4.39 Å². The molecule has 0 radical (unpaired) electrons. The van der Waals surface area contributed by atoms with Gasteiger partial charge in [-0.3, -0.25) is 0 Å². The molecule has 0 saturated carbocycles. The molecule has 0 aromatic heterocycles. The highest BCUT2D eigenvalue weighted by Crippen LogP contribution is 2.24. The molecule has 0 heterocycles. The molecule has 0 bridgehead atoms. The van der Waals surface area contributed by atoms with Crippen LogP contribution in [0, 0.1) is 5.82 Å². The molecule has 0 fully saturated rings. The summed E-state index contributed by atoms with van der Waals surface area (Å²) in [7, 11) is 1.51. The average molecular weight is 324 g/mol. The van der Waals surface area contributed by atoms with Crippen LogP contribution in [0.15, 0.2) is 46.9 Å². The Balaban J connectivity index is 2.18. The van der Waals surface area contributed by atoms with Gasteiger partial charge in [0.2, 0.25) is 0 Å². The van der Waals surface area contributed by atoms with Gasteiger partial charge in [-0.2, -0.15) is 0 Å². The van der Waals surface area contributed by atoms with Gasteiger partial charge in [0.1, 0.15) is 11.6 Å². The lowest BCUT2D eigenvalue weighted by Gasteiger charge is -2.14. The summed E-state index contributed by atoms with van der Waals surface area (Å²) in [4.78, 5) is 0. The summed E-state index contributed by atoms with van der Waals surface area (Å²) in [6.07, 6.45) is 0.586. The van der Waals surface area contributed by atoms with Gasteiger partial charge in [-0.25, -0.2) is 4.39 Å². The minimum absolute atomic E-state index is 0.332. The minimum Gasteiger partial charge on any atom is -0.497 e. The van der Waals surface area contributed by atoms with Crippen LogP contribution in [0.1, 0.15) is 17.2 Å². The van der Waals surface area contributed by atoms with E-state index in [0.717, 1.165) is 10.0 Å². The van der Waals surface area contributed by atoms with E-state index < -0.39 is 0 Å². The average Bonchev–Trinajstić information content (AvgIpc) is 2.38. The Morgan fingerprint density at radius 1 is 1.26 bits per heavy atom. The molecule has 0 aliphatic rings. The van der Waals surface area contributed by atoms with Gasteiger partial charge in [-0.05, 0) is 30.2 Å². The van der Waals surface area contributed by atoms with E-state index in [2.05, 4.69) is 15.9 Å². The van der Waals surface area contributed by atoms with Crippen molar-refractivity contribution in [1.82, 2.24) is 0 Å².